The number of anilines is 1. The van der Waals surface area contributed by atoms with Gasteiger partial charge in [-0.3, -0.25) is 15.2 Å². The molecule has 2 amide bonds. The SMILES string of the molecule is Cc1ccc(-c2ccc(C(=O)NC(Cc3ccc(-c4cc(-c5ccc(NC(=O)OC(C)C)cc5)n[nH]4)c(F)c3)C(=O)O)o2)cc1. The minimum Gasteiger partial charge on any atom is -0.480 e. The molecule has 2 aromatic heterocycles. The molecular formula is C34H31FN4O6. The lowest BCUT2D eigenvalue weighted by Gasteiger charge is -2.14. The molecule has 0 radical (unpaired) electrons. The van der Waals surface area contributed by atoms with Gasteiger partial charge < -0.3 is 19.6 Å². The maximum absolute atomic E-state index is 15.2. The van der Waals surface area contributed by atoms with Gasteiger partial charge in [-0.15, -0.1) is 0 Å². The summed E-state index contributed by atoms with van der Waals surface area (Å²) in [7, 11) is 0. The Morgan fingerprint density at radius 3 is 2.33 bits per heavy atom. The van der Waals surface area contributed by atoms with E-state index in [1.165, 1.54) is 18.2 Å². The van der Waals surface area contributed by atoms with E-state index in [1.807, 2.05) is 31.2 Å². The number of ether oxygens (including phenoxy) is 1. The number of carbonyl (C=O) groups is 3. The smallest absolute Gasteiger partial charge is 0.411 e. The number of carbonyl (C=O) groups excluding carboxylic acids is 2. The standard InChI is InChI=1S/C34H31FN4O6/c1-19(2)44-34(43)36-24-11-9-22(10-12-24)27-18-28(39-38-27)25-13-6-21(16-26(25)35)17-29(33(41)42)37-32(40)31-15-14-30(45-31)23-7-4-20(3)5-8-23/h4-16,18-19,29H,17H2,1-3H3,(H,36,43)(H,37,40)(H,38,39)(H,41,42). The van der Waals surface area contributed by atoms with Crippen LogP contribution in [0.4, 0.5) is 14.9 Å². The zero-order valence-corrected chi connectivity index (χ0v) is 24.8. The van der Waals surface area contributed by atoms with Crippen LogP contribution in [0.25, 0.3) is 33.8 Å². The molecule has 4 N–H and O–H groups in total. The Morgan fingerprint density at radius 1 is 0.956 bits per heavy atom. The molecule has 10 nitrogen and oxygen atoms in total. The summed E-state index contributed by atoms with van der Waals surface area (Å²) in [5, 5.41) is 22.0. The summed E-state index contributed by atoms with van der Waals surface area (Å²) in [6.07, 6.45) is -0.948. The van der Waals surface area contributed by atoms with Crippen LogP contribution in [0.1, 0.15) is 35.5 Å². The number of carboxylic acid groups (broad SMARTS) is 1. The molecule has 5 rings (SSSR count). The quantitative estimate of drug-likeness (QED) is 0.135. The van der Waals surface area contributed by atoms with Crippen molar-refractivity contribution in [1.82, 2.24) is 15.5 Å². The lowest BCUT2D eigenvalue weighted by Crippen LogP contribution is -2.42. The second-order valence-corrected chi connectivity index (χ2v) is 10.7. The van der Waals surface area contributed by atoms with Crippen LogP contribution in [-0.2, 0) is 16.0 Å². The molecule has 45 heavy (non-hydrogen) atoms. The second-order valence-electron chi connectivity index (χ2n) is 10.7. The van der Waals surface area contributed by atoms with Gasteiger partial charge in [0.15, 0.2) is 5.76 Å². The summed E-state index contributed by atoms with van der Waals surface area (Å²) >= 11 is 0. The van der Waals surface area contributed by atoms with Gasteiger partial charge in [-0.1, -0.05) is 48.0 Å². The molecule has 230 valence electrons. The molecule has 11 heteroatoms. The van der Waals surface area contributed by atoms with Gasteiger partial charge in [-0.2, -0.15) is 5.10 Å². The molecular weight excluding hydrogens is 579 g/mol. The van der Waals surface area contributed by atoms with Crippen molar-refractivity contribution in [2.75, 3.05) is 5.32 Å². The number of nitrogens with zero attached hydrogens (tertiary/aromatic N) is 1. The number of aryl methyl sites for hydroxylation is 1. The third-order valence-electron chi connectivity index (χ3n) is 6.88. The van der Waals surface area contributed by atoms with Crippen molar-refractivity contribution in [3.05, 3.63) is 108 Å². The average molecular weight is 611 g/mol. The molecule has 1 atom stereocenters. The summed E-state index contributed by atoms with van der Waals surface area (Å²) in [5.41, 5.74) is 4.74. The van der Waals surface area contributed by atoms with Crippen LogP contribution in [0.3, 0.4) is 0 Å². The first-order valence-electron chi connectivity index (χ1n) is 14.2. The second kappa shape index (κ2) is 13.3. The Hall–Kier alpha value is -5.71. The first kappa shape index (κ1) is 30.7. The highest BCUT2D eigenvalue weighted by molar-refractivity contribution is 5.95. The van der Waals surface area contributed by atoms with Crippen molar-refractivity contribution in [2.45, 2.75) is 39.3 Å². The van der Waals surface area contributed by atoms with Crippen LogP contribution in [0, 0.1) is 12.7 Å². The summed E-state index contributed by atoms with van der Waals surface area (Å²) in [5.74, 6) is -2.11. The number of hydrogen-bond acceptors (Lipinski definition) is 6. The lowest BCUT2D eigenvalue weighted by atomic mass is 10.0. The average Bonchev–Trinajstić information content (AvgIpc) is 3.68. The number of benzene rings is 3. The molecule has 0 aliphatic carbocycles. The van der Waals surface area contributed by atoms with Crippen molar-refractivity contribution in [3.8, 4) is 33.8 Å². The molecule has 1 unspecified atom stereocenters. The monoisotopic (exact) mass is 610 g/mol. The minimum atomic E-state index is -1.32. The maximum Gasteiger partial charge on any atom is 0.411 e. The minimum absolute atomic E-state index is 0.0343. The van der Waals surface area contributed by atoms with Crippen LogP contribution in [0.2, 0.25) is 0 Å². The number of aromatic nitrogens is 2. The Kier molecular flexibility index (Phi) is 9.08. The van der Waals surface area contributed by atoms with E-state index in [0.29, 0.717) is 28.4 Å². The molecule has 0 saturated heterocycles. The molecule has 0 bridgehead atoms. The van der Waals surface area contributed by atoms with Gasteiger partial charge in [0, 0.05) is 28.8 Å². The molecule has 5 aromatic rings. The van der Waals surface area contributed by atoms with E-state index in [0.717, 1.165) is 16.7 Å². The number of carboxylic acids is 1. The van der Waals surface area contributed by atoms with Gasteiger partial charge in [0.1, 0.15) is 17.6 Å². The van der Waals surface area contributed by atoms with E-state index < -0.39 is 29.8 Å². The number of nitrogens with one attached hydrogen (secondary N) is 3. The van der Waals surface area contributed by atoms with Gasteiger partial charge >= 0.3 is 12.1 Å². The number of halogens is 1. The van der Waals surface area contributed by atoms with Crippen molar-refractivity contribution < 1.29 is 33.0 Å². The number of H-pyrrole nitrogens is 1. The number of rotatable bonds is 10. The zero-order valence-electron chi connectivity index (χ0n) is 24.8. The van der Waals surface area contributed by atoms with E-state index in [2.05, 4.69) is 20.8 Å². The van der Waals surface area contributed by atoms with Crippen LogP contribution in [-0.4, -0.2) is 45.4 Å². The zero-order chi connectivity index (χ0) is 32.1. The fraction of sp³-hybridized carbons (Fsp3) is 0.176. The predicted octanol–water partition coefficient (Wildman–Crippen LogP) is 6.83. The Labute approximate surface area is 258 Å². The summed E-state index contributed by atoms with van der Waals surface area (Å²) < 4.78 is 26.0. The normalized spacial score (nSPS) is 11.7. The van der Waals surface area contributed by atoms with Crippen molar-refractivity contribution in [1.29, 1.82) is 0 Å². The predicted molar refractivity (Wildman–Crippen MR) is 166 cm³/mol. The fourth-order valence-electron chi connectivity index (χ4n) is 4.60. The molecule has 2 heterocycles. The highest BCUT2D eigenvalue weighted by atomic mass is 19.1. The Morgan fingerprint density at radius 2 is 1.67 bits per heavy atom. The highest BCUT2D eigenvalue weighted by Gasteiger charge is 2.24. The fourth-order valence-corrected chi connectivity index (χ4v) is 4.60. The first-order chi connectivity index (χ1) is 21.5. The summed E-state index contributed by atoms with van der Waals surface area (Å²) in [6, 6.07) is 22.3. The topological polar surface area (TPSA) is 147 Å². The number of aliphatic carboxylic acids is 1. The largest absolute Gasteiger partial charge is 0.480 e. The van der Waals surface area contributed by atoms with Gasteiger partial charge in [-0.05, 0) is 68.8 Å². The van der Waals surface area contributed by atoms with Gasteiger partial charge in [0.2, 0.25) is 0 Å². The third kappa shape index (κ3) is 7.63. The molecule has 0 aliphatic rings. The highest BCUT2D eigenvalue weighted by Crippen LogP contribution is 2.28. The first-order valence-corrected chi connectivity index (χ1v) is 14.2. The molecule has 0 fully saturated rings. The van der Waals surface area contributed by atoms with Crippen molar-refractivity contribution >= 4 is 23.7 Å². The molecule has 3 aromatic carbocycles. The van der Waals surface area contributed by atoms with Gasteiger partial charge in [-0.25, -0.2) is 14.0 Å². The number of hydrogen-bond donors (Lipinski definition) is 4. The lowest BCUT2D eigenvalue weighted by molar-refractivity contribution is -0.139. The van der Waals surface area contributed by atoms with Crippen LogP contribution < -0.4 is 10.6 Å². The summed E-state index contributed by atoms with van der Waals surface area (Å²) in [4.78, 5) is 36.6. The Bertz CT molecular complexity index is 1830. The van der Waals surface area contributed by atoms with Crippen molar-refractivity contribution in [3.63, 3.8) is 0 Å². The van der Waals surface area contributed by atoms with Crippen LogP contribution in [0.5, 0.6) is 0 Å². The molecule has 0 aliphatic heterocycles. The third-order valence-corrected chi connectivity index (χ3v) is 6.88. The van der Waals surface area contributed by atoms with Crippen LogP contribution >= 0.6 is 0 Å². The van der Waals surface area contributed by atoms with E-state index in [1.54, 1.807) is 56.3 Å². The van der Waals surface area contributed by atoms with Gasteiger partial charge in [0.05, 0.1) is 17.5 Å². The van der Waals surface area contributed by atoms with E-state index >= 15 is 4.39 Å². The van der Waals surface area contributed by atoms with Crippen molar-refractivity contribution in [2.24, 2.45) is 0 Å². The molecule has 0 saturated carbocycles. The van der Waals surface area contributed by atoms with E-state index in [9.17, 15) is 19.5 Å². The van der Waals surface area contributed by atoms with E-state index in [-0.39, 0.29) is 23.8 Å². The maximum atomic E-state index is 15.2. The van der Waals surface area contributed by atoms with Crippen LogP contribution in [0.15, 0.2) is 89.3 Å². The molecule has 0 spiro atoms. The number of aromatic amines is 1. The Balaban J connectivity index is 1.24. The number of amides is 2. The van der Waals surface area contributed by atoms with Gasteiger partial charge in [0.25, 0.3) is 5.91 Å². The number of furan rings is 1. The van der Waals surface area contributed by atoms with E-state index in [4.69, 9.17) is 9.15 Å². The summed E-state index contributed by atoms with van der Waals surface area (Å²) in [6.45, 7) is 5.47.